The summed E-state index contributed by atoms with van der Waals surface area (Å²) in [7, 11) is 2.13. The quantitative estimate of drug-likeness (QED) is 0.524. The lowest BCUT2D eigenvalue weighted by molar-refractivity contribution is 0.0978. The Bertz CT molecular complexity index is 789. The van der Waals surface area contributed by atoms with Crippen molar-refractivity contribution in [2.24, 2.45) is 0 Å². The van der Waals surface area contributed by atoms with Gasteiger partial charge in [-0.15, -0.1) is 0 Å². The van der Waals surface area contributed by atoms with Gasteiger partial charge in [0.2, 0.25) is 0 Å². The summed E-state index contributed by atoms with van der Waals surface area (Å²) >= 11 is 0. The van der Waals surface area contributed by atoms with E-state index in [0.717, 1.165) is 49.2 Å². The smallest absolute Gasteiger partial charge is 0.319 e. The van der Waals surface area contributed by atoms with E-state index in [9.17, 15) is 9.59 Å². The summed E-state index contributed by atoms with van der Waals surface area (Å²) in [5.41, 5.74) is 3.83. The Balaban J connectivity index is 1.37. The molecule has 1 heterocycles. The lowest BCUT2D eigenvalue weighted by atomic mass is 10.0. The van der Waals surface area contributed by atoms with Crippen molar-refractivity contribution in [1.29, 1.82) is 0 Å². The third-order valence-electron chi connectivity index (χ3n) is 4.93. The molecule has 0 saturated heterocycles. The largest absolute Gasteiger partial charge is 0.334 e. The second kappa shape index (κ2) is 9.33. The highest BCUT2D eigenvalue weighted by atomic mass is 16.2. The zero-order valence-electron chi connectivity index (χ0n) is 15.8. The average molecular weight is 365 g/mol. The van der Waals surface area contributed by atoms with E-state index in [2.05, 4.69) is 46.8 Å². The van der Waals surface area contributed by atoms with Crippen molar-refractivity contribution in [3.8, 4) is 0 Å². The van der Waals surface area contributed by atoms with Crippen molar-refractivity contribution < 1.29 is 9.59 Å². The zero-order chi connectivity index (χ0) is 19.1. The number of nitrogens with zero attached hydrogens (tertiary/aromatic N) is 1. The van der Waals surface area contributed by atoms with Gasteiger partial charge in [-0.2, -0.15) is 0 Å². The van der Waals surface area contributed by atoms with Crippen LogP contribution in [0.5, 0.6) is 0 Å². The second-order valence-corrected chi connectivity index (χ2v) is 7.10. The SMILES string of the molecule is CN(CCCCC(=O)c1ccc2c(c1)CNC(=O)N2)CCc1ccccc1. The Hall–Kier alpha value is -2.66. The van der Waals surface area contributed by atoms with Gasteiger partial charge in [-0.1, -0.05) is 30.3 Å². The van der Waals surface area contributed by atoms with Crippen LogP contribution in [0.15, 0.2) is 48.5 Å². The minimum atomic E-state index is -0.196. The van der Waals surface area contributed by atoms with Gasteiger partial charge in [0.1, 0.15) is 0 Å². The fourth-order valence-electron chi connectivity index (χ4n) is 3.27. The number of unbranched alkanes of at least 4 members (excludes halogenated alkanes) is 1. The normalized spacial score (nSPS) is 13.0. The fraction of sp³-hybridized carbons (Fsp3) is 0.364. The Labute approximate surface area is 160 Å². The number of fused-ring (bicyclic) bond motifs is 1. The third kappa shape index (κ3) is 5.66. The minimum absolute atomic E-state index is 0.168. The molecule has 1 aliphatic rings. The Morgan fingerprint density at radius 2 is 1.89 bits per heavy atom. The molecule has 5 heteroatoms. The van der Waals surface area contributed by atoms with Crippen LogP contribution in [-0.2, 0) is 13.0 Å². The Kier molecular flexibility index (Phi) is 6.60. The van der Waals surface area contributed by atoms with Crippen molar-refractivity contribution >= 4 is 17.5 Å². The van der Waals surface area contributed by atoms with Crippen LogP contribution < -0.4 is 10.6 Å². The number of anilines is 1. The first-order valence-corrected chi connectivity index (χ1v) is 9.55. The molecule has 142 valence electrons. The number of Topliss-reactive ketones (excluding diaryl/α,β-unsaturated/α-hetero) is 1. The first kappa shape index (κ1) is 19.1. The molecule has 0 aliphatic carbocycles. The first-order chi connectivity index (χ1) is 13.1. The minimum Gasteiger partial charge on any atom is -0.334 e. The molecule has 0 spiro atoms. The predicted molar refractivity (Wildman–Crippen MR) is 108 cm³/mol. The number of urea groups is 1. The summed E-state index contributed by atoms with van der Waals surface area (Å²) < 4.78 is 0. The Morgan fingerprint density at radius 1 is 1.07 bits per heavy atom. The number of hydrogen-bond donors (Lipinski definition) is 2. The summed E-state index contributed by atoms with van der Waals surface area (Å²) in [5.74, 6) is 0.168. The Morgan fingerprint density at radius 3 is 2.70 bits per heavy atom. The highest BCUT2D eigenvalue weighted by Gasteiger charge is 2.15. The molecule has 0 radical (unpaired) electrons. The van der Waals surface area contributed by atoms with E-state index in [1.165, 1.54) is 5.56 Å². The molecule has 2 aromatic carbocycles. The van der Waals surface area contributed by atoms with E-state index < -0.39 is 0 Å². The van der Waals surface area contributed by atoms with E-state index in [0.29, 0.717) is 13.0 Å². The predicted octanol–water partition coefficient (Wildman–Crippen LogP) is 3.85. The number of benzene rings is 2. The summed E-state index contributed by atoms with van der Waals surface area (Å²) in [6, 6.07) is 15.8. The fourth-order valence-corrected chi connectivity index (χ4v) is 3.27. The van der Waals surface area contributed by atoms with Gasteiger partial charge in [-0.05, 0) is 62.2 Å². The summed E-state index contributed by atoms with van der Waals surface area (Å²) in [5, 5.41) is 5.47. The topological polar surface area (TPSA) is 61.4 Å². The maximum absolute atomic E-state index is 12.4. The highest BCUT2D eigenvalue weighted by Crippen LogP contribution is 2.21. The van der Waals surface area contributed by atoms with Gasteiger partial charge in [-0.25, -0.2) is 4.79 Å². The third-order valence-corrected chi connectivity index (χ3v) is 4.93. The molecular formula is C22H27N3O2. The number of amides is 2. The number of ketones is 1. The van der Waals surface area contributed by atoms with Gasteiger partial charge in [-0.3, -0.25) is 4.79 Å². The molecule has 5 nitrogen and oxygen atoms in total. The molecule has 2 amide bonds. The summed E-state index contributed by atoms with van der Waals surface area (Å²) in [4.78, 5) is 26.1. The highest BCUT2D eigenvalue weighted by molar-refractivity contribution is 5.98. The van der Waals surface area contributed by atoms with E-state index >= 15 is 0 Å². The zero-order valence-corrected chi connectivity index (χ0v) is 15.8. The molecule has 0 saturated carbocycles. The van der Waals surface area contributed by atoms with Gasteiger partial charge in [0.15, 0.2) is 5.78 Å². The first-order valence-electron chi connectivity index (χ1n) is 9.55. The molecule has 0 bridgehead atoms. The lowest BCUT2D eigenvalue weighted by Crippen LogP contribution is -2.33. The monoisotopic (exact) mass is 365 g/mol. The van der Waals surface area contributed by atoms with Crippen LogP contribution in [0.3, 0.4) is 0 Å². The molecule has 2 aromatic rings. The van der Waals surface area contributed by atoms with Gasteiger partial charge >= 0.3 is 6.03 Å². The molecule has 2 N–H and O–H groups in total. The second-order valence-electron chi connectivity index (χ2n) is 7.10. The molecule has 0 unspecified atom stereocenters. The number of hydrogen-bond acceptors (Lipinski definition) is 3. The number of rotatable bonds is 9. The van der Waals surface area contributed by atoms with Gasteiger partial charge in [0.25, 0.3) is 0 Å². The van der Waals surface area contributed by atoms with Crippen LogP contribution in [0.4, 0.5) is 10.5 Å². The van der Waals surface area contributed by atoms with Gasteiger partial charge in [0, 0.05) is 30.8 Å². The van der Waals surface area contributed by atoms with Crippen molar-refractivity contribution in [2.75, 3.05) is 25.5 Å². The van der Waals surface area contributed by atoms with E-state index in [4.69, 9.17) is 0 Å². The lowest BCUT2D eigenvalue weighted by Gasteiger charge is -2.19. The number of likely N-dealkylation sites (N-methyl/N-ethyl adjacent to an activating group) is 1. The van der Waals surface area contributed by atoms with E-state index in [1.807, 2.05) is 18.2 Å². The van der Waals surface area contributed by atoms with Crippen molar-refractivity contribution in [3.05, 3.63) is 65.2 Å². The average Bonchev–Trinajstić information content (AvgIpc) is 2.70. The maximum atomic E-state index is 12.4. The van der Waals surface area contributed by atoms with Crippen molar-refractivity contribution in [2.45, 2.75) is 32.2 Å². The molecular weight excluding hydrogens is 338 g/mol. The number of carbonyl (C=O) groups excluding carboxylic acids is 2. The van der Waals surface area contributed by atoms with Gasteiger partial charge in [0.05, 0.1) is 0 Å². The molecule has 3 rings (SSSR count). The molecule has 0 aromatic heterocycles. The molecule has 0 fully saturated rings. The standard InChI is InChI=1S/C22H27N3O2/c1-25(14-12-17-7-3-2-4-8-17)13-6-5-9-21(26)18-10-11-20-19(15-18)16-23-22(27)24-20/h2-4,7-8,10-11,15H,5-6,9,12-14,16H2,1H3,(H2,23,24,27). The van der Waals surface area contributed by atoms with Crippen molar-refractivity contribution in [3.63, 3.8) is 0 Å². The van der Waals surface area contributed by atoms with Crippen LogP contribution >= 0.6 is 0 Å². The number of nitrogens with one attached hydrogen (secondary N) is 2. The molecule has 0 atom stereocenters. The van der Waals surface area contributed by atoms with Crippen LogP contribution in [0.1, 0.15) is 40.7 Å². The van der Waals surface area contributed by atoms with Crippen LogP contribution in [0.2, 0.25) is 0 Å². The number of carbonyl (C=O) groups is 2. The summed E-state index contributed by atoms with van der Waals surface area (Å²) in [6.45, 7) is 2.50. The van der Waals surface area contributed by atoms with Crippen LogP contribution in [0, 0.1) is 0 Å². The van der Waals surface area contributed by atoms with Gasteiger partial charge < -0.3 is 15.5 Å². The van der Waals surface area contributed by atoms with E-state index in [-0.39, 0.29) is 11.8 Å². The summed E-state index contributed by atoms with van der Waals surface area (Å²) in [6.07, 6.45) is 3.52. The maximum Gasteiger partial charge on any atom is 0.319 e. The molecule has 1 aliphatic heterocycles. The van der Waals surface area contributed by atoms with Crippen LogP contribution in [-0.4, -0.2) is 36.9 Å². The molecule has 27 heavy (non-hydrogen) atoms. The van der Waals surface area contributed by atoms with Crippen LogP contribution in [0.25, 0.3) is 0 Å². The van der Waals surface area contributed by atoms with Crippen molar-refractivity contribution in [1.82, 2.24) is 10.2 Å². The van der Waals surface area contributed by atoms with E-state index in [1.54, 1.807) is 6.07 Å².